The lowest BCUT2D eigenvalue weighted by Crippen LogP contribution is -2.54. The summed E-state index contributed by atoms with van der Waals surface area (Å²) in [5.74, 6) is -0.751. The smallest absolute Gasteiger partial charge is 0.314 e. The number of aryl methyl sites for hydroxylation is 1. The van der Waals surface area contributed by atoms with Gasteiger partial charge < -0.3 is 10.8 Å². The number of rotatable bonds is 2. The number of benzene rings is 1. The molecular weight excluding hydrogens is 190 g/mol. The first-order chi connectivity index (χ1) is 7.06. The van der Waals surface area contributed by atoms with Gasteiger partial charge in [0, 0.05) is 6.04 Å². The minimum absolute atomic E-state index is 0.0284. The molecule has 1 aliphatic carbocycles. The number of nitrogens with two attached hydrogens (primary N) is 1. The predicted molar refractivity (Wildman–Crippen MR) is 57.7 cm³/mol. The Hall–Kier alpha value is -1.35. The SMILES string of the molecule is Cc1ccccc1C1(C(=O)O)CC(N)C1. The van der Waals surface area contributed by atoms with Crippen LogP contribution in [-0.2, 0) is 10.2 Å². The first-order valence-corrected chi connectivity index (χ1v) is 5.11. The van der Waals surface area contributed by atoms with Gasteiger partial charge in [0.1, 0.15) is 0 Å². The van der Waals surface area contributed by atoms with Gasteiger partial charge in [0.2, 0.25) is 0 Å². The fourth-order valence-electron chi connectivity index (χ4n) is 2.45. The maximum Gasteiger partial charge on any atom is 0.314 e. The van der Waals surface area contributed by atoms with E-state index in [1.54, 1.807) is 0 Å². The van der Waals surface area contributed by atoms with Gasteiger partial charge in [0.05, 0.1) is 5.41 Å². The van der Waals surface area contributed by atoms with Gasteiger partial charge in [-0.3, -0.25) is 4.79 Å². The van der Waals surface area contributed by atoms with Crippen LogP contribution >= 0.6 is 0 Å². The summed E-state index contributed by atoms with van der Waals surface area (Å²) < 4.78 is 0. The highest BCUT2D eigenvalue weighted by atomic mass is 16.4. The van der Waals surface area contributed by atoms with Crippen molar-refractivity contribution in [2.75, 3.05) is 0 Å². The van der Waals surface area contributed by atoms with Gasteiger partial charge in [-0.2, -0.15) is 0 Å². The summed E-state index contributed by atoms with van der Waals surface area (Å²) in [4.78, 5) is 11.3. The molecule has 0 heterocycles. The van der Waals surface area contributed by atoms with Crippen LogP contribution in [0.25, 0.3) is 0 Å². The van der Waals surface area contributed by atoms with Crippen LogP contribution in [0, 0.1) is 6.92 Å². The minimum Gasteiger partial charge on any atom is -0.481 e. The topological polar surface area (TPSA) is 63.3 Å². The van der Waals surface area contributed by atoms with E-state index < -0.39 is 11.4 Å². The summed E-state index contributed by atoms with van der Waals surface area (Å²) >= 11 is 0. The molecule has 0 aromatic heterocycles. The zero-order valence-electron chi connectivity index (χ0n) is 8.73. The number of carboxylic acid groups (broad SMARTS) is 1. The standard InChI is InChI=1S/C12H15NO2/c1-8-4-2-3-5-10(8)12(11(14)15)6-9(13)7-12/h2-5,9H,6-7,13H2,1H3,(H,14,15). The second-order valence-electron chi connectivity index (χ2n) is 4.37. The highest BCUT2D eigenvalue weighted by molar-refractivity contribution is 5.83. The monoisotopic (exact) mass is 205 g/mol. The van der Waals surface area contributed by atoms with E-state index in [2.05, 4.69) is 0 Å². The van der Waals surface area contributed by atoms with Crippen molar-refractivity contribution in [2.45, 2.75) is 31.2 Å². The first kappa shape index (κ1) is 10.2. The molecule has 1 saturated carbocycles. The van der Waals surface area contributed by atoms with Crippen molar-refractivity contribution in [3.63, 3.8) is 0 Å². The summed E-state index contributed by atoms with van der Waals surface area (Å²) in [7, 11) is 0. The lowest BCUT2D eigenvalue weighted by Gasteiger charge is -2.43. The van der Waals surface area contributed by atoms with Gasteiger partial charge in [-0.1, -0.05) is 24.3 Å². The summed E-state index contributed by atoms with van der Waals surface area (Å²) in [5.41, 5.74) is 6.93. The fraction of sp³-hybridized carbons (Fsp3) is 0.417. The van der Waals surface area contributed by atoms with Crippen molar-refractivity contribution in [1.29, 1.82) is 0 Å². The molecule has 0 atom stereocenters. The number of hydrogen-bond donors (Lipinski definition) is 2. The molecule has 1 aromatic rings. The number of carbonyl (C=O) groups is 1. The Morgan fingerprint density at radius 3 is 2.53 bits per heavy atom. The van der Waals surface area contributed by atoms with Gasteiger partial charge in [-0.25, -0.2) is 0 Å². The summed E-state index contributed by atoms with van der Waals surface area (Å²) in [6.45, 7) is 1.95. The largest absolute Gasteiger partial charge is 0.481 e. The molecule has 0 bridgehead atoms. The van der Waals surface area contributed by atoms with Crippen molar-refractivity contribution >= 4 is 5.97 Å². The summed E-state index contributed by atoms with van der Waals surface area (Å²) in [5, 5.41) is 9.32. The van der Waals surface area contributed by atoms with Crippen molar-refractivity contribution < 1.29 is 9.90 Å². The average molecular weight is 205 g/mol. The molecular formula is C12H15NO2. The molecule has 0 aliphatic heterocycles. The van der Waals surface area contributed by atoms with Crippen LogP contribution in [0.5, 0.6) is 0 Å². The average Bonchev–Trinajstić information content (AvgIpc) is 2.13. The van der Waals surface area contributed by atoms with E-state index in [0.717, 1.165) is 11.1 Å². The maximum atomic E-state index is 11.3. The van der Waals surface area contributed by atoms with Crippen molar-refractivity contribution in [2.24, 2.45) is 5.73 Å². The van der Waals surface area contributed by atoms with Gasteiger partial charge in [-0.15, -0.1) is 0 Å². The van der Waals surface area contributed by atoms with E-state index in [1.807, 2.05) is 31.2 Å². The summed E-state index contributed by atoms with van der Waals surface area (Å²) in [6.07, 6.45) is 1.10. The van der Waals surface area contributed by atoms with Gasteiger partial charge in [0.15, 0.2) is 0 Å². The Kier molecular flexibility index (Phi) is 2.27. The number of carboxylic acids is 1. The summed E-state index contributed by atoms with van der Waals surface area (Å²) in [6, 6.07) is 7.68. The Morgan fingerprint density at radius 2 is 2.07 bits per heavy atom. The van der Waals surface area contributed by atoms with Crippen LogP contribution in [0.4, 0.5) is 0 Å². The van der Waals surface area contributed by atoms with Gasteiger partial charge in [-0.05, 0) is 30.9 Å². The molecule has 1 fully saturated rings. The van der Waals surface area contributed by atoms with Crippen LogP contribution < -0.4 is 5.73 Å². The molecule has 0 saturated heterocycles. The zero-order valence-corrected chi connectivity index (χ0v) is 8.73. The molecule has 2 rings (SSSR count). The molecule has 0 unspecified atom stereocenters. The molecule has 3 nitrogen and oxygen atoms in total. The van der Waals surface area contributed by atoms with E-state index in [1.165, 1.54) is 0 Å². The molecule has 3 N–H and O–H groups in total. The normalized spacial score (nSPS) is 29.6. The highest BCUT2D eigenvalue weighted by Crippen LogP contribution is 2.44. The Bertz CT molecular complexity index is 394. The Morgan fingerprint density at radius 1 is 1.47 bits per heavy atom. The lowest BCUT2D eigenvalue weighted by molar-refractivity contribution is -0.148. The fourth-order valence-corrected chi connectivity index (χ4v) is 2.45. The highest BCUT2D eigenvalue weighted by Gasteiger charge is 2.50. The van der Waals surface area contributed by atoms with Crippen molar-refractivity contribution in [3.8, 4) is 0 Å². The van der Waals surface area contributed by atoms with E-state index >= 15 is 0 Å². The van der Waals surface area contributed by atoms with Crippen molar-refractivity contribution in [1.82, 2.24) is 0 Å². The Labute approximate surface area is 88.9 Å². The van der Waals surface area contributed by atoms with Crippen LogP contribution in [0.2, 0.25) is 0 Å². The number of aliphatic carboxylic acids is 1. The van der Waals surface area contributed by atoms with Crippen LogP contribution in [0.3, 0.4) is 0 Å². The van der Waals surface area contributed by atoms with Crippen LogP contribution in [0.15, 0.2) is 24.3 Å². The molecule has 15 heavy (non-hydrogen) atoms. The first-order valence-electron chi connectivity index (χ1n) is 5.11. The third-order valence-corrected chi connectivity index (χ3v) is 3.29. The third-order valence-electron chi connectivity index (χ3n) is 3.29. The number of hydrogen-bond acceptors (Lipinski definition) is 2. The molecule has 0 radical (unpaired) electrons. The van der Waals surface area contributed by atoms with Crippen LogP contribution in [0.1, 0.15) is 24.0 Å². The predicted octanol–water partition coefficient (Wildman–Crippen LogP) is 1.44. The molecule has 3 heteroatoms. The van der Waals surface area contributed by atoms with Crippen molar-refractivity contribution in [3.05, 3.63) is 35.4 Å². The van der Waals surface area contributed by atoms with E-state index in [0.29, 0.717) is 12.8 Å². The maximum absolute atomic E-state index is 11.3. The van der Waals surface area contributed by atoms with Gasteiger partial charge in [0.25, 0.3) is 0 Å². The zero-order chi connectivity index (χ0) is 11.1. The quantitative estimate of drug-likeness (QED) is 0.767. The van der Waals surface area contributed by atoms with Gasteiger partial charge >= 0.3 is 5.97 Å². The van der Waals surface area contributed by atoms with E-state index in [-0.39, 0.29) is 6.04 Å². The van der Waals surface area contributed by atoms with E-state index in [4.69, 9.17) is 5.73 Å². The lowest BCUT2D eigenvalue weighted by atomic mass is 9.61. The third kappa shape index (κ3) is 1.43. The molecule has 1 aromatic carbocycles. The molecule has 80 valence electrons. The van der Waals surface area contributed by atoms with E-state index in [9.17, 15) is 9.90 Å². The van der Waals surface area contributed by atoms with Crippen LogP contribution in [-0.4, -0.2) is 17.1 Å². The molecule has 0 spiro atoms. The Balaban J connectivity index is 2.43. The molecule has 0 amide bonds. The second kappa shape index (κ2) is 3.35. The second-order valence-corrected chi connectivity index (χ2v) is 4.37. The minimum atomic E-state index is -0.751. The molecule has 1 aliphatic rings.